The number of ether oxygens (including phenoxy) is 2. The molecule has 0 bridgehead atoms. The van der Waals surface area contributed by atoms with Crippen LogP contribution in [-0.2, 0) is 9.47 Å². The topological polar surface area (TPSA) is 111 Å². The number of nitrogens with two attached hydrogens (primary N) is 2. The minimum absolute atomic E-state index is 0.462. The molecule has 0 aliphatic rings. The molecule has 0 saturated carbocycles. The largest absolute Gasteiger partial charge is 0.442 e. The SMILES string of the molecule is CC(C)(C)OC(=O)N(N)c1cccc(-c2cccc(N(N)C(=O)OC(C)(C)C)c2)c1. The molecule has 0 aliphatic carbocycles. The lowest BCUT2D eigenvalue weighted by molar-refractivity contribution is 0.0569. The summed E-state index contributed by atoms with van der Waals surface area (Å²) in [7, 11) is 0. The van der Waals surface area contributed by atoms with Crippen molar-refractivity contribution in [3.05, 3.63) is 48.5 Å². The summed E-state index contributed by atoms with van der Waals surface area (Å²) in [4.78, 5) is 24.5. The number of carbonyl (C=O) groups is 2. The van der Waals surface area contributed by atoms with Gasteiger partial charge in [-0.05, 0) is 76.9 Å². The predicted molar refractivity (Wildman–Crippen MR) is 118 cm³/mol. The van der Waals surface area contributed by atoms with Crippen molar-refractivity contribution in [2.24, 2.45) is 11.7 Å². The van der Waals surface area contributed by atoms with Gasteiger partial charge in [-0.2, -0.15) is 0 Å². The molecule has 8 nitrogen and oxygen atoms in total. The molecule has 0 aliphatic heterocycles. The second kappa shape index (κ2) is 8.73. The fourth-order valence-electron chi connectivity index (χ4n) is 2.50. The number of carbonyl (C=O) groups excluding carboxylic acids is 2. The Morgan fingerprint density at radius 2 is 1.03 bits per heavy atom. The summed E-state index contributed by atoms with van der Waals surface area (Å²) >= 11 is 0. The molecule has 0 fully saturated rings. The van der Waals surface area contributed by atoms with E-state index in [1.54, 1.807) is 77.9 Å². The summed E-state index contributed by atoms with van der Waals surface area (Å²) in [5.74, 6) is 11.9. The highest BCUT2D eigenvalue weighted by Gasteiger charge is 2.23. The molecule has 0 saturated heterocycles. The van der Waals surface area contributed by atoms with Gasteiger partial charge in [0.2, 0.25) is 0 Å². The number of amides is 2. The Hall–Kier alpha value is -3.10. The van der Waals surface area contributed by atoms with Crippen molar-refractivity contribution < 1.29 is 19.1 Å². The second-order valence-electron chi connectivity index (χ2n) is 8.80. The van der Waals surface area contributed by atoms with Crippen LogP contribution in [0.15, 0.2) is 48.5 Å². The van der Waals surface area contributed by atoms with Gasteiger partial charge in [0, 0.05) is 0 Å². The van der Waals surface area contributed by atoms with E-state index in [0.29, 0.717) is 11.4 Å². The van der Waals surface area contributed by atoms with E-state index in [1.807, 2.05) is 12.1 Å². The lowest BCUT2D eigenvalue weighted by Gasteiger charge is -2.25. The molecule has 2 aromatic rings. The van der Waals surface area contributed by atoms with Gasteiger partial charge in [-0.15, -0.1) is 0 Å². The van der Waals surface area contributed by atoms with Crippen molar-refractivity contribution in [3.8, 4) is 11.1 Å². The minimum atomic E-state index is -0.661. The summed E-state index contributed by atoms with van der Waals surface area (Å²) in [6.45, 7) is 10.6. The van der Waals surface area contributed by atoms with E-state index in [4.69, 9.17) is 21.2 Å². The van der Waals surface area contributed by atoms with Crippen LogP contribution in [0, 0.1) is 0 Å². The summed E-state index contributed by atoms with van der Waals surface area (Å²) in [5.41, 5.74) is 1.17. The Bertz CT molecular complexity index is 840. The lowest BCUT2D eigenvalue weighted by atomic mass is 10.0. The van der Waals surface area contributed by atoms with E-state index in [-0.39, 0.29) is 0 Å². The van der Waals surface area contributed by atoms with Crippen molar-refractivity contribution >= 4 is 23.6 Å². The zero-order valence-electron chi connectivity index (χ0n) is 18.3. The maximum absolute atomic E-state index is 12.2. The van der Waals surface area contributed by atoms with Gasteiger partial charge in [-0.1, -0.05) is 24.3 Å². The van der Waals surface area contributed by atoms with Gasteiger partial charge in [0.15, 0.2) is 0 Å². The molecule has 162 valence electrons. The predicted octanol–water partition coefficient (Wildman–Crippen LogP) is 4.58. The van der Waals surface area contributed by atoms with Gasteiger partial charge in [-0.3, -0.25) is 0 Å². The first-order valence-corrected chi connectivity index (χ1v) is 9.53. The maximum Gasteiger partial charge on any atom is 0.429 e. The molecule has 0 heterocycles. The van der Waals surface area contributed by atoms with Gasteiger partial charge >= 0.3 is 12.2 Å². The minimum Gasteiger partial charge on any atom is -0.442 e. The van der Waals surface area contributed by atoms with Crippen molar-refractivity contribution in [3.63, 3.8) is 0 Å². The number of benzene rings is 2. The Morgan fingerprint density at radius 1 is 0.700 bits per heavy atom. The molecule has 2 amide bonds. The monoisotopic (exact) mass is 414 g/mol. The van der Waals surface area contributed by atoms with Gasteiger partial charge in [0.1, 0.15) is 11.2 Å². The van der Waals surface area contributed by atoms with Crippen molar-refractivity contribution in [2.45, 2.75) is 52.7 Å². The smallest absolute Gasteiger partial charge is 0.429 e. The van der Waals surface area contributed by atoms with Gasteiger partial charge in [-0.25, -0.2) is 31.3 Å². The molecular formula is C22H30N4O4. The van der Waals surface area contributed by atoms with E-state index >= 15 is 0 Å². The quantitative estimate of drug-likeness (QED) is 0.432. The van der Waals surface area contributed by atoms with Crippen LogP contribution in [0.5, 0.6) is 0 Å². The maximum atomic E-state index is 12.2. The van der Waals surface area contributed by atoms with Crippen LogP contribution in [0.4, 0.5) is 21.0 Å². The fraction of sp³-hybridized carbons (Fsp3) is 0.364. The molecule has 0 radical (unpaired) electrons. The molecule has 2 rings (SSSR count). The first-order valence-electron chi connectivity index (χ1n) is 9.53. The zero-order chi connectivity index (χ0) is 22.7. The van der Waals surface area contributed by atoms with Crippen molar-refractivity contribution in [1.29, 1.82) is 0 Å². The van der Waals surface area contributed by atoms with E-state index < -0.39 is 23.4 Å². The Balaban J connectivity index is 2.27. The highest BCUT2D eigenvalue weighted by Crippen LogP contribution is 2.28. The Labute approximate surface area is 177 Å². The van der Waals surface area contributed by atoms with Crippen LogP contribution in [0.1, 0.15) is 41.5 Å². The zero-order valence-corrected chi connectivity index (χ0v) is 18.3. The van der Waals surface area contributed by atoms with Crippen molar-refractivity contribution in [2.75, 3.05) is 10.0 Å². The fourth-order valence-corrected chi connectivity index (χ4v) is 2.50. The third-order valence-corrected chi connectivity index (χ3v) is 3.76. The van der Waals surface area contributed by atoms with Crippen molar-refractivity contribution in [1.82, 2.24) is 0 Å². The third kappa shape index (κ3) is 6.47. The molecular weight excluding hydrogens is 384 g/mol. The standard InChI is InChI=1S/C22H30N4O4/c1-21(2,3)29-19(27)25(23)17-11-7-9-15(13-17)16-10-8-12-18(14-16)26(24)20(28)30-22(4,5)6/h7-14H,23-24H2,1-6H3. The molecule has 4 N–H and O–H groups in total. The molecule has 0 spiro atoms. The second-order valence-corrected chi connectivity index (χ2v) is 8.80. The summed E-state index contributed by atoms with van der Waals surface area (Å²) in [6.07, 6.45) is -1.32. The average molecular weight is 415 g/mol. The van der Waals surface area contributed by atoms with E-state index in [0.717, 1.165) is 21.1 Å². The highest BCUT2D eigenvalue weighted by molar-refractivity contribution is 5.89. The van der Waals surface area contributed by atoms with E-state index in [2.05, 4.69) is 0 Å². The van der Waals surface area contributed by atoms with Gasteiger partial charge < -0.3 is 9.47 Å². The highest BCUT2D eigenvalue weighted by atomic mass is 16.6. The number of anilines is 2. The van der Waals surface area contributed by atoms with Gasteiger partial charge in [0.25, 0.3) is 0 Å². The summed E-state index contributed by atoms with van der Waals surface area (Å²) in [5, 5.41) is 1.91. The van der Waals surface area contributed by atoms with Crippen LogP contribution in [0.2, 0.25) is 0 Å². The summed E-state index contributed by atoms with van der Waals surface area (Å²) in [6, 6.07) is 14.2. The van der Waals surface area contributed by atoms with Crippen LogP contribution in [-0.4, -0.2) is 23.4 Å². The number of hydrogen-bond donors (Lipinski definition) is 2. The van der Waals surface area contributed by atoms with Crippen LogP contribution in [0.25, 0.3) is 11.1 Å². The molecule has 0 atom stereocenters. The molecule has 30 heavy (non-hydrogen) atoms. The number of hydrazine groups is 2. The first-order chi connectivity index (χ1) is 13.8. The molecule has 2 aromatic carbocycles. The van der Waals surface area contributed by atoms with E-state index in [9.17, 15) is 9.59 Å². The Kier molecular flexibility index (Phi) is 6.74. The lowest BCUT2D eigenvalue weighted by Crippen LogP contribution is -2.41. The third-order valence-electron chi connectivity index (χ3n) is 3.76. The number of hydrogen-bond acceptors (Lipinski definition) is 6. The van der Waals surface area contributed by atoms with E-state index in [1.165, 1.54) is 0 Å². The molecule has 8 heteroatoms. The normalized spacial score (nSPS) is 11.6. The Morgan fingerprint density at radius 3 is 1.33 bits per heavy atom. The van der Waals surface area contributed by atoms with Crippen LogP contribution >= 0.6 is 0 Å². The molecule has 0 unspecified atom stereocenters. The van der Waals surface area contributed by atoms with Crippen LogP contribution in [0.3, 0.4) is 0 Å². The average Bonchev–Trinajstić information content (AvgIpc) is 2.64. The van der Waals surface area contributed by atoms with Gasteiger partial charge in [0.05, 0.1) is 11.4 Å². The first kappa shape index (κ1) is 23.2. The molecule has 0 aromatic heterocycles. The summed E-state index contributed by atoms with van der Waals surface area (Å²) < 4.78 is 10.6. The van der Waals surface area contributed by atoms with Crippen LogP contribution < -0.4 is 21.7 Å². The number of nitrogens with zero attached hydrogens (tertiary/aromatic N) is 2. The number of rotatable bonds is 3.